The quantitative estimate of drug-likeness (QED) is 0.787. The predicted molar refractivity (Wildman–Crippen MR) is 70.4 cm³/mol. The normalized spacial score (nSPS) is 11.5. The summed E-state index contributed by atoms with van der Waals surface area (Å²) in [5.41, 5.74) is 5.15. The first-order valence-electron chi connectivity index (χ1n) is 6.08. The second-order valence-electron chi connectivity index (χ2n) is 5.35. The molecule has 1 heterocycles. The minimum Gasteiger partial charge on any atom is -0.465 e. The highest BCUT2D eigenvalue weighted by Crippen LogP contribution is 2.14. The number of unbranched alkanes of at least 4 members (excludes halogenated alkanes) is 1. The van der Waals surface area contributed by atoms with Gasteiger partial charge in [0.2, 0.25) is 0 Å². The molecule has 0 saturated heterocycles. The van der Waals surface area contributed by atoms with Crippen LogP contribution in [-0.2, 0) is 6.54 Å². The van der Waals surface area contributed by atoms with Crippen molar-refractivity contribution < 1.29 is 9.90 Å². The predicted octanol–water partition coefficient (Wildman–Crippen LogP) is 2.02. The molecule has 0 spiro atoms. The SMILES string of the molecule is CC(C)(C)N(CCCCn1cnc(N)c1)C(=O)O. The van der Waals surface area contributed by atoms with Gasteiger partial charge in [-0.3, -0.25) is 0 Å². The lowest BCUT2D eigenvalue weighted by Gasteiger charge is -2.33. The summed E-state index contributed by atoms with van der Waals surface area (Å²) in [6, 6.07) is 0. The summed E-state index contributed by atoms with van der Waals surface area (Å²) in [5, 5.41) is 9.12. The first-order chi connectivity index (χ1) is 8.30. The zero-order chi connectivity index (χ0) is 13.8. The zero-order valence-electron chi connectivity index (χ0n) is 11.3. The van der Waals surface area contributed by atoms with Crippen LogP contribution in [0.25, 0.3) is 0 Å². The van der Waals surface area contributed by atoms with E-state index in [0.717, 1.165) is 19.4 Å². The van der Waals surface area contributed by atoms with Crippen molar-refractivity contribution in [2.45, 2.75) is 45.7 Å². The first kappa shape index (κ1) is 14.3. The number of imidazole rings is 1. The van der Waals surface area contributed by atoms with Crippen molar-refractivity contribution in [3.63, 3.8) is 0 Å². The van der Waals surface area contributed by atoms with E-state index in [0.29, 0.717) is 12.4 Å². The molecule has 1 aromatic heterocycles. The molecule has 0 fully saturated rings. The Kier molecular flexibility index (Phi) is 4.58. The number of hydrogen-bond donors (Lipinski definition) is 2. The van der Waals surface area contributed by atoms with Gasteiger partial charge in [0.05, 0.1) is 6.33 Å². The maximum absolute atomic E-state index is 11.1. The van der Waals surface area contributed by atoms with Crippen LogP contribution in [0.15, 0.2) is 12.5 Å². The standard InChI is InChI=1S/C12H22N4O2/c1-12(2,3)16(11(17)18)7-5-4-6-15-8-10(13)14-9-15/h8-9H,4-7,13H2,1-3H3,(H,17,18). The van der Waals surface area contributed by atoms with Crippen LogP contribution in [0.1, 0.15) is 33.6 Å². The van der Waals surface area contributed by atoms with Crippen molar-refractivity contribution in [2.24, 2.45) is 0 Å². The Bertz CT molecular complexity index is 395. The number of amides is 1. The van der Waals surface area contributed by atoms with Crippen molar-refractivity contribution in [3.05, 3.63) is 12.5 Å². The third-order valence-corrected chi connectivity index (χ3v) is 2.74. The number of carboxylic acid groups (broad SMARTS) is 1. The molecule has 0 radical (unpaired) electrons. The zero-order valence-corrected chi connectivity index (χ0v) is 11.3. The molecule has 6 nitrogen and oxygen atoms in total. The number of anilines is 1. The summed E-state index contributed by atoms with van der Waals surface area (Å²) in [6.07, 6.45) is 4.32. The second-order valence-corrected chi connectivity index (χ2v) is 5.35. The fourth-order valence-electron chi connectivity index (χ4n) is 1.78. The summed E-state index contributed by atoms with van der Waals surface area (Å²) in [7, 11) is 0. The Hall–Kier alpha value is -1.72. The van der Waals surface area contributed by atoms with E-state index in [4.69, 9.17) is 10.8 Å². The van der Waals surface area contributed by atoms with Crippen molar-refractivity contribution >= 4 is 11.9 Å². The molecule has 0 aliphatic carbocycles. The fraction of sp³-hybridized carbons (Fsp3) is 0.667. The van der Waals surface area contributed by atoms with Crippen molar-refractivity contribution in [3.8, 4) is 0 Å². The van der Waals surface area contributed by atoms with Crippen LogP contribution >= 0.6 is 0 Å². The molecule has 6 heteroatoms. The highest BCUT2D eigenvalue weighted by Gasteiger charge is 2.25. The van der Waals surface area contributed by atoms with Gasteiger partial charge in [-0.2, -0.15) is 0 Å². The average Bonchev–Trinajstić information content (AvgIpc) is 2.61. The molecule has 18 heavy (non-hydrogen) atoms. The number of aryl methyl sites for hydroxylation is 1. The monoisotopic (exact) mass is 254 g/mol. The molecule has 1 amide bonds. The Morgan fingerprint density at radius 2 is 2.17 bits per heavy atom. The molecule has 3 N–H and O–H groups in total. The third-order valence-electron chi connectivity index (χ3n) is 2.74. The topological polar surface area (TPSA) is 84.4 Å². The Morgan fingerprint density at radius 3 is 2.61 bits per heavy atom. The third kappa shape index (κ3) is 4.27. The molecule has 0 saturated carbocycles. The van der Waals surface area contributed by atoms with Gasteiger partial charge in [0.1, 0.15) is 5.82 Å². The molecular formula is C12H22N4O2. The lowest BCUT2D eigenvalue weighted by atomic mass is 10.1. The molecule has 0 bridgehead atoms. The molecule has 0 aliphatic rings. The van der Waals surface area contributed by atoms with E-state index in [1.807, 2.05) is 25.3 Å². The van der Waals surface area contributed by atoms with Gasteiger partial charge in [0.15, 0.2) is 0 Å². The Balaban J connectivity index is 2.34. The summed E-state index contributed by atoms with van der Waals surface area (Å²) in [5.74, 6) is 0.511. The van der Waals surface area contributed by atoms with E-state index in [9.17, 15) is 4.79 Å². The number of nitrogens with two attached hydrogens (primary N) is 1. The van der Waals surface area contributed by atoms with Crippen LogP contribution in [0.4, 0.5) is 10.6 Å². The van der Waals surface area contributed by atoms with E-state index in [-0.39, 0.29) is 5.54 Å². The maximum atomic E-state index is 11.1. The second kappa shape index (κ2) is 5.75. The lowest BCUT2D eigenvalue weighted by Crippen LogP contribution is -2.45. The van der Waals surface area contributed by atoms with E-state index in [1.54, 1.807) is 12.5 Å². The van der Waals surface area contributed by atoms with Crippen LogP contribution in [0, 0.1) is 0 Å². The van der Waals surface area contributed by atoms with Crippen LogP contribution in [-0.4, -0.2) is 37.7 Å². The first-order valence-corrected chi connectivity index (χ1v) is 6.08. The van der Waals surface area contributed by atoms with Crippen molar-refractivity contribution in [1.82, 2.24) is 14.5 Å². The summed E-state index contributed by atoms with van der Waals surface area (Å²) in [4.78, 5) is 16.5. The number of aromatic nitrogens is 2. The van der Waals surface area contributed by atoms with Crippen LogP contribution in [0.5, 0.6) is 0 Å². The molecule has 0 unspecified atom stereocenters. The van der Waals surface area contributed by atoms with Crippen molar-refractivity contribution in [1.29, 1.82) is 0 Å². The highest BCUT2D eigenvalue weighted by molar-refractivity contribution is 5.65. The average molecular weight is 254 g/mol. The van der Waals surface area contributed by atoms with Gasteiger partial charge in [0.25, 0.3) is 0 Å². The van der Waals surface area contributed by atoms with Gasteiger partial charge in [-0.1, -0.05) is 0 Å². The largest absolute Gasteiger partial charge is 0.465 e. The molecular weight excluding hydrogens is 232 g/mol. The highest BCUT2D eigenvalue weighted by atomic mass is 16.4. The molecule has 0 aromatic carbocycles. The molecule has 1 rings (SSSR count). The molecule has 0 aliphatic heterocycles. The number of carbonyl (C=O) groups is 1. The van der Waals surface area contributed by atoms with Crippen molar-refractivity contribution in [2.75, 3.05) is 12.3 Å². The van der Waals surface area contributed by atoms with Crippen LogP contribution in [0.2, 0.25) is 0 Å². The molecule has 102 valence electrons. The summed E-state index contributed by atoms with van der Waals surface area (Å²) >= 11 is 0. The van der Waals surface area contributed by atoms with E-state index in [1.165, 1.54) is 4.90 Å². The maximum Gasteiger partial charge on any atom is 0.407 e. The smallest absolute Gasteiger partial charge is 0.407 e. The summed E-state index contributed by atoms with van der Waals surface area (Å²) in [6.45, 7) is 7.05. The molecule has 1 aromatic rings. The lowest BCUT2D eigenvalue weighted by molar-refractivity contribution is 0.0989. The van der Waals surface area contributed by atoms with Gasteiger partial charge in [-0.05, 0) is 33.6 Å². The number of nitrogen functional groups attached to an aromatic ring is 1. The fourth-order valence-corrected chi connectivity index (χ4v) is 1.78. The Morgan fingerprint density at radius 1 is 1.50 bits per heavy atom. The Labute approximate surface area is 107 Å². The van der Waals surface area contributed by atoms with Gasteiger partial charge in [-0.15, -0.1) is 0 Å². The minimum atomic E-state index is -0.866. The van der Waals surface area contributed by atoms with Gasteiger partial charge in [-0.25, -0.2) is 9.78 Å². The number of nitrogens with zero attached hydrogens (tertiary/aromatic N) is 3. The van der Waals surface area contributed by atoms with Gasteiger partial charge in [0, 0.05) is 24.8 Å². The minimum absolute atomic E-state index is 0.356. The van der Waals surface area contributed by atoms with E-state index >= 15 is 0 Å². The van der Waals surface area contributed by atoms with Crippen LogP contribution < -0.4 is 5.73 Å². The van der Waals surface area contributed by atoms with E-state index < -0.39 is 6.09 Å². The number of rotatable bonds is 5. The van der Waals surface area contributed by atoms with Crippen LogP contribution in [0.3, 0.4) is 0 Å². The molecule has 0 atom stereocenters. The van der Waals surface area contributed by atoms with Gasteiger partial charge < -0.3 is 20.3 Å². The van der Waals surface area contributed by atoms with Gasteiger partial charge >= 0.3 is 6.09 Å². The summed E-state index contributed by atoms with van der Waals surface area (Å²) < 4.78 is 1.91. The van der Waals surface area contributed by atoms with E-state index in [2.05, 4.69) is 4.98 Å². The number of hydrogen-bond acceptors (Lipinski definition) is 3.